The van der Waals surface area contributed by atoms with Crippen molar-refractivity contribution in [3.05, 3.63) is 41.7 Å². The van der Waals surface area contributed by atoms with Crippen LogP contribution in [0.15, 0.2) is 29.4 Å². The second-order valence-electron chi connectivity index (χ2n) is 6.04. The maximum Gasteiger partial charge on any atom is 0.332 e. The molecule has 3 rings (SSSR count). The number of aryl methyl sites for hydroxylation is 1. The van der Waals surface area contributed by atoms with Gasteiger partial charge in [-0.2, -0.15) is 4.98 Å². The van der Waals surface area contributed by atoms with E-state index in [9.17, 15) is 29.4 Å². The molecule has 0 unspecified atom stereocenters. The van der Waals surface area contributed by atoms with E-state index >= 15 is 0 Å². The normalized spacial score (nSPS) is 12.8. The molecule has 0 aliphatic heterocycles. The number of aliphatic hydroxyl groups is 2. The predicted molar refractivity (Wildman–Crippen MR) is 96.8 cm³/mol. The molecule has 0 spiro atoms. The fraction of sp³-hybridized carbons (Fsp3) is 0.357. The highest BCUT2D eigenvalue weighted by atomic mass is 16.3. The van der Waals surface area contributed by atoms with Crippen molar-refractivity contribution in [1.82, 2.24) is 28.7 Å². The summed E-state index contributed by atoms with van der Waals surface area (Å²) < 4.78 is 3.01. The number of aromatic amines is 2. The number of azo groups is 1. The first kappa shape index (κ1) is 19.9. The van der Waals surface area contributed by atoms with Gasteiger partial charge in [0, 0.05) is 14.1 Å². The Hall–Kier alpha value is -3.85. The number of fused-ring (bicyclic) bond motifs is 1. The number of aliphatic hydroxyl groups excluding tert-OH is 2. The Morgan fingerprint density at radius 2 is 1.79 bits per heavy atom. The van der Waals surface area contributed by atoms with Crippen molar-refractivity contribution in [2.24, 2.45) is 24.3 Å². The second kappa shape index (κ2) is 7.28. The summed E-state index contributed by atoms with van der Waals surface area (Å²) in [5.74, 6) is -1.14. The van der Waals surface area contributed by atoms with Crippen molar-refractivity contribution in [2.45, 2.75) is 12.6 Å². The van der Waals surface area contributed by atoms with Gasteiger partial charge >= 0.3 is 11.4 Å². The topological polar surface area (TPSA) is 213 Å². The summed E-state index contributed by atoms with van der Waals surface area (Å²) in [4.78, 5) is 55.4. The molecule has 0 amide bonds. The SMILES string of the molecule is Cn1c(=O)c2c(nc(N=Nc3c(O)[nH]c(=O)[nH]c3=O)n2C[C@H](O)CO)n(C)c1=O. The standard InChI is InChI=1S/C14H16N8O7/c1-20-8-7(11(27)21(2)14(20)29)22(3-5(24)4-23)12(15-8)19-18-6-9(25)16-13(28)17-10(6)26/h5,23-24H,3-4H2,1-2H3,(H3,16,17,25,26,28)/t5-/m0/s1. The van der Waals surface area contributed by atoms with Crippen LogP contribution in [0.25, 0.3) is 11.2 Å². The molecule has 3 aromatic rings. The third-order valence-corrected chi connectivity index (χ3v) is 4.07. The molecule has 0 aliphatic carbocycles. The number of nitrogens with one attached hydrogen (secondary N) is 2. The molecule has 154 valence electrons. The monoisotopic (exact) mass is 408 g/mol. The molecule has 0 fully saturated rings. The number of rotatable bonds is 5. The molecule has 0 radical (unpaired) electrons. The summed E-state index contributed by atoms with van der Waals surface area (Å²) in [5.41, 5.74) is -4.18. The van der Waals surface area contributed by atoms with Gasteiger partial charge in [-0.1, -0.05) is 0 Å². The Morgan fingerprint density at radius 1 is 1.10 bits per heavy atom. The Balaban J connectivity index is 2.29. The highest BCUT2D eigenvalue weighted by molar-refractivity contribution is 5.73. The number of aromatic hydroxyl groups is 1. The Morgan fingerprint density at radius 3 is 2.41 bits per heavy atom. The first-order valence-corrected chi connectivity index (χ1v) is 8.08. The number of hydrogen-bond donors (Lipinski definition) is 5. The lowest BCUT2D eigenvalue weighted by Crippen LogP contribution is -2.38. The molecule has 0 aliphatic rings. The van der Waals surface area contributed by atoms with Gasteiger partial charge in [0.05, 0.1) is 19.3 Å². The van der Waals surface area contributed by atoms with Crippen molar-refractivity contribution in [3.63, 3.8) is 0 Å². The molecule has 15 heteroatoms. The van der Waals surface area contributed by atoms with Crippen molar-refractivity contribution < 1.29 is 15.3 Å². The highest BCUT2D eigenvalue weighted by Crippen LogP contribution is 2.23. The van der Waals surface area contributed by atoms with Crippen molar-refractivity contribution in [1.29, 1.82) is 0 Å². The third-order valence-electron chi connectivity index (χ3n) is 4.07. The van der Waals surface area contributed by atoms with Crippen molar-refractivity contribution in [2.75, 3.05) is 6.61 Å². The van der Waals surface area contributed by atoms with Crippen molar-refractivity contribution in [3.8, 4) is 5.88 Å². The Bertz CT molecular complexity index is 1360. The summed E-state index contributed by atoms with van der Waals surface area (Å²) in [6, 6.07) is 0. The van der Waals surface area contributed by atoms with E-state index in [4.69, 9.17) is 5.11 Å². The minimum absolute atomic E-state index is 0.0724. The number of H-pyrrole nitrogens is 2. The van der Waals surface area contributed by atoms with Crippen LogP contribution in [-0.2, 0) is 20.6 Å². The number of imidazole rings is 1. The minimum atomic E-state index is -1.30. The van der Waals surface area contributed by atoms with Gasteiger partial charge in [0.25, 0.3) is 17.1 Å². The average Bonchev–Trinajstić information content (AvgIpc) is 3.02. The van der Waals surface area contributed by atoms with E-state index in [0.717, 1.165) is 13.7 Å². The average molecular weight is 408 g/mol. The fourth-order valence-corrected chi connectivity index (χ4v) is 2.61. The zero-order chi connectivity index (χ0) is 21.5. The van der Waals surface area contributed by atoms with Crippen LogP contribution in [-0.4, -0.2) is 56.7 Å². The molecular weight excluding hydrogens is 392 g/mol. The van der Waals surface area contributed by atoms with E-state index in [2.05, 4.69) is 15.2 Å². The first-order chi connectivity index (χ1) is 13.6. The predicted octanol–water partition coefficient (Wildman–Crippen LogP) is -2.72. The largest absolute Gasteiger partial charge is 0.493 e. The number of aromatic nitrogens is 6. The molecular formula is C14H16N8O7. The lowest BCUT2D eigenvalue weighted by molar-refractivity contribution is 0.0824. The van der Waals surface area contributed by atoms with E-state index in [1.54, 1.807) is 0 Å². The summed E-state index contributed by atoms with van der Waals surface area (Å²) in [7, 11) is 2.62. The summed E-state index contributed by atoms with van der Waals surface area (Å²) >= 11 is 0. The molecule has 0 saturated heterocycles. The van der Waals surface area contributed by atoms with Crippen LogP contribution in [0, 0.1) is 0 Å². The zero-order valence-corrected chi connectivity index (χ0v) is 15.1. The maximum absolute atomic E-state index is 12.6. The molecule has 5 N–H and O–H groups in total. The summed E-state index contributed by atoms with van der Waals surface area (Å²) in [5, 5.41) is 35.9. The lowest BCUT2D eigenvalue weighted by atomic mass is 10.3. The van der Waals surface area contributed by atoms with Crippen LogP contribution >= 0.6 is 0 Å². The number of hydrogen-bond acceptors (Lipinski definition) is 10. The first-order valence-electron chi connectivity index (χ1n) is 8.08. The van der Waals surface area contributed by atoms with Gasteiger partial charge in [-0.25, -0.2) is 9.59 Å². The molecule has 0 saturated carbocycles. The number of nitrogens with zero attached hydrogens (tertiary/aromatic N) is 6. The lowest BCUT2D eigenvalue weighted by Gasteiger charge is -2.10. The minimum Gasteiger partial charge on any atom is -0.493 e. The van der Waals surface area contributed by atoms with Gasteiger partial charge in [0.1, 0.15) is 0 Å². The Labute approximate surface area is 158 Å². The van der Waals surface area contributed by atoms with Gasteiger partial charge in [-0.3, -0.25) is 33.3 Å². The molecule has 3 heterocycles. The van der Waals surface area contributed by atoms with Crippen molar-refractivity contribution >= 4 is 22.8 Å². The van der Waals surface area contributed by atoms with E-state index in [1.807, 2.05) is 9.97 Å². The quantitative estimate of drug-likeness (QED) is 0.279. The van der Waals surface area contributed by atoms with Crippen LogP contribution in [0.1, 0.15) is 0 Å². The van der Waals surface area contributed by atoms with E-state index in [0.29, 0.717) is 0 Å². The van der Waals surface area contributed by atoms with Crippen LogP contribution in [0.4, 0.5) is 11.6 Å². The molecule has 29 heavy (non-hydrogen) atoms. The second-order valence-corrected chi connectivity index (χ2v) is 6.04. The van der Waals surface area contributed by atoms with Gasteiger partial charge in [0.15, 0.2) is 11.2 Å². The maximum atomic E-state index is 12.6. The fourth-order valence-electron chi connectivity index (χ4n) is 2.61. The van der Waals surface area contributed by atoms with Crippen LogP contribution in [0.5, 0.6) is 5.88 Å². The van der Waals surface area contributed by atoms with Crippen LogP contribution in [0.3, 0.4) is 0 Å². The molecule has 0 bridgehead atoms. The molecule has 0 aromatic carbocycles. The van der Waals surface area contributed by atoms with Crippen LogP contribution < -0.4 is 22.5 Å². The van der Waals surface area contributed by atoms with E-state index < -0.39 is 46.8 Å². The molecule has 15 nitrogen and oxygen atoms in total. The molecule has 1 atom stereocenters. The Kier molecular flexibility index (Phi) is 5.00. The van der Waals surface area contributed by atoms with Gasteiger partial charge in [-0.05, 0) is 0 Å². The third kappa shape index (κ3) is 3.39. The van der Waals surface area contributed by atoms with Gasteiger partial charge in [0.2, 0.25) is 11.6 Å². The summed E-state index contributed by atoms with van der Waals surface area (Å²) in [6.45, 7) is -0.967. The van der Waals surface area contributed by atoms with Crippen LogP contribution in [0.2, 0.25) is 0 Å². The van der Waals surface area contributed by atoms with E-state index in [1.165, 1.54) is 14.1 Å². The van der Waals surface area contributed by atoms with E-state index in [-0.39, 0.29) is 23.7 Å². The zero-order valence-electron chi connectivity index (χ0n) is 15.1. The summed E-state index contributed by atoms with van der Waals surface area (Å²) in [6.07, 6.45) is -1.30. The van der Waals surface area contributed by atoms with Gasteiger partial charge in [-0.15, -0.1) is 10.2 Å². The smallest absolute Gasteiger partial charge is 0.332 e. The van der Waals surface area contributed by atoms with Gasteiger partial charge < -0.3 is 15.3 Å². The molecule has 3 aromatic heterocycles. The highest BCUT2D eigenvalue weighted by Gasteiger charge is 2.21.